The number of ether oxygens (including phenoxy) is 1. The maximum Gasteiger partial charge on any atom is 0.271 e. The van der Waals surface area contributed by atoms with Crippen LogP contribution >= 0.6 is 34.5 Å². The summed E-state index contributed by atoms with van der Waals surface area (Å²) in [5, 5.41) is 9.26. The smallest absolute Gasteiger partial charge is 0.271 e. The number of benzene rings is 2. The molecule has 4 rings (SSSR count). The predicted octanol–water partition coefficient (Wildman–Crippen LogP) is 5.50. The Morgan fingerprint density at radius 1 is 0.970 bits per heavy atom. The Kier molecular flexibility index (Phi) is 7.85. The lowest BCUT2D eigenvalue weighted by Crippen LogP contribution is -2.53. The molecule has 0 bridgehead atoms. The maximum atomic E-state index is 12.8. The first kappa shape index (κ1) is 23.5. The molecule has 2 N–H and O–H groups in total. The maximum absolute atomic E-state index is 12.8. The Labute approximate surface area is 206 Å². The van der Waals surface area contributed by atoms with Gasteiger partial charge in [-0.2, -0.15) is 0 Å². The summed E-state index contributed by atoms with van der Waals surface area (Å²) >= 11 is 13.4. The minimum absolute atomic E-state index is 0.177. The van der Waals surface area contributed by atoms with Crippen LogP contribution in [-0.4, -0.2) is 28.9 Å². The monoisotopic (exact) mass is 503 g/mol. The Hall–Kier alpha value is -2.61. The van der Waals surface area contributed by atoms with Gasteiger partial charge in [-0.3, -0.25) is 9.59 Å². The molecular weight excluding hydrogens is 481 g/mol. The van der Waals surface area contributed by atoms with Crippen LogP contribution in [-0.2, 0) is 6.61 Å². The first-order valence-electron chi connectivity index (χ1n) is 10.7. The highest BCUT2D eigenvalue weighted by Crippen LogP contribution is 2.24. The molecule has 1 fully saturated rings. The second kappa shape index (κ2) is 11.0. The zero-order chi connectivity index (χ0) is 23.2. The van der Waals surface area contributed by atoms with Crippen LogP contribution in [0.2, 0.25) is 10.0 Å². The molecule has 33 heavy (non-hydrogen) atoms. The van der Waals surface area contributed by atoms with Crippen molar-refractivity contribution in [3.8, 4) is 5.75 Å². The Morgan fingerprint density at radius 2 is 1.67 bits per heavy atom. The minimum atomic E-state index is -0.252. The molecule has 2 atom stereocenters. The molecule has 6 nitrogen and oxygen atoms in total. The van der Waals surface area contributed by atoms with Crippen LogP contribution in [0.4, 0.5) is 0 Å². The highest BCUT2D eigenvalue weighted by Gasteiger charge is 2.29. The lowest BCUT2D eigenvalue weighted by Gasteiger charge is -2.32. The van der Waals surface area contributed by atoms with Gasteiger partial charge in [0, 0.05) is 23.0 Å². The lowest BCUT2D eigenvalue weighted by atomic mass is 9.90. The van der Waals surface area contributed by atoms with Gasteiger partial charge < -0.3 is 15.4 Å². The van der Waals surface area contributed by atoms with Crippen molar-refractivity contribution >= 4 is 46.4 Å². The number of hydrogen-bond acceptors (Lipinski definition) is 5. The summed E-state index contributed by atoms with van der Waals surface area (Å²) in [6.45, 7) is 0.299. The Morgan fingerprint density at radius 3 is 2.36 bits per heavy atom. The van der Waals surface area contributed by atoms with Crippen LogP contribution in [0.15, 0.2) is 53.9 Å². The van der Waals surface area contributed by atoms with E-state index in [1.165, 1.54) is 11.3 Å². The van der Waals surface area contributed by atoms with E-state index in [1.807, 2.05) is 30.3 Å². The number of aromatic nitrogens is 1. The van der Waals surface area contributed by atoms with E-state index in [-0.39, 0.29) is 23.9 Å². The number of amides is 2. The first-order chi connectivity index (χ1) is 16.0. The number of hydrogen-bond donors (Lipinski definition) is 2. The fourth-order valence-corrected chi connectivity index (χ4v) is 4.73. The molecule has 1 aromatic heterocycles. The third-order valence-corrected chi connectivity index (χ3v) is 7.03. The van der Waals surface area contributed by atoms with Gasteiger partial charge in [-0.25, -0.2) is 4.98 Å². The van der Waals surface area contributed by atoms with Crippen molar-refractivity contribution < 1.29 is 14.3 Å². The predicted molar refractivity (Wildman–Crippen MR) is 130 cm³/mol. The van der Waals surface area contributed by atoms with Gasteiger partial charge >= 0.3 is 0 Å². The van der Waals surface area contributed by atoms with E-state index < -0.39 is 0 Å². The fraction of sp³-hybridized carbons (Fsp3) is 0.292. The molecule has 2 aromatic carbocycles. The molecule has 2 amide bonds. The zero-order valence-corrected chi connectivity index (χ0v) is 20.1. The van der Waals surface area contributed by atoms with Crippen molar-refractivity contribution in [3.63, 3.8) is 0 Å². The minimum Gasteiger partial charge on any atom is -0.486 e. The number of thiazole rings is 1. The van der Waals surface area contributed by atoms with Crippen molar-refractivity contribution in [2.75, 3.05) is 0 Å². The van der Waals surface area contributed by atoms with E-state index in [1.54, 1.807) is 23.6 Å². The molecule has 1 aliphatic carbocycles. The van der Waals surface area contributed by atoms with Gasteiger partial charge in [0.1, 0.15) is 23.1 Å². The molecule has 172 valence electrons. The summed E-state index contributed by atoms with van der Waals surface area (Å²) in [7, 11) is 0. The Bertz CT molecular complexity index is 1120. The van der Waals surface area contributed by atoms with Crippen LogP contribution in [0.1, 0.15) is 51.5 Å². The summed E-state index contributed by atoms with van der Waals surface area (Å²) in [4.78, 5) is 30.0. The zero-order valence-electron chi connectivity index (χ0n) is 17.7. The molecule has 1 saturated carbocycles. The average molecular weight is 504 g/mol. The highest BCUT2D eigenvalue weighted by molar-refractivity contribution is 7.09. The van der Waals surface area contributed by atoms with Crippen LogP contribution in [0, 0.1) is 0 Å². The largest absolute Gasteiger partial charge is 0.486 e. The van der Waals surface area contributed by atoms with Crippen molar-refractivity contribution in [2.45, 2.75) is 44.4 Å². The van der Waals surface area contributed by atoms with Crippen LogP contribution in [0.3, 0.4) is 0 Å². The lowest BCUT2D eigenvalue weighted by molar-refractivity contribution is 0.0860. The van der Waals surface area contributed by atoms with Gasteiger partial charge in [0.2, 0.25) is 0 Å². The molecule has 0 aliphatic heterocycles. The van der Waals surface area contributed by atoms with E-state index in [2.05, 4.69) is 15.6 Å². The van der Waals surface area contributed by atoms with Crippen LogP contribution < -0.4 is 15.4 Å². The molecule has 1 aliphatic rings. The summed E-state index contributed by atoms with van der Waals surface area (Å²) in [6.07, 6.45) is 3.53. The molecule has 9 heteroatoms. The molecule has 0 spiro atoms. The second-order valence-corrected chi connectivity index (χ2v) is 9.56. The number of carbonyl (C=O) groups excluding carboxylic acids is 2. The first-order valence-corrected chi connectivity index (χ1v) is 12.3. The second-order valence-electron chi connectivity index (χ2n) is 7.80. The van der Waals surface area contributed by atoms with E-state index in [0.29, 0.717) is 27.9 Å². The molecule has 0 saturated heterocycles. The van der Waals surface area contributed by atoms with E-state index in [9.17, 15) is 9.59 Å². The molecule has 3 aromatic rings. The SMILES string of the molecule is O=C(N[C@H]1CCCC[C@H]1NC(=O)c1csc(COc2ccccc2)n1)c1ccc(Cl)c(Cl)c1. The van der Waals surface area contributed by atoms with Crippen LogP contribution in [0.25, 0.3) is 0 Å². The van der Waals surface area contributed by atoms with Gasteiger partial charge in [-0.15, -0.1) is 11.3 Å². The van der Waals surface area contributed by atoms with Gasteiger partial charge in [0.15, 0.2) is 0 Å². The van der Waals surface area contributed by atoms with Crippen molar-refractivity contribution in [1.82, 2.24) is 15.6 Å². The van der Waals surface area contributed by atoms with E-state index in [0.717, 1.165) is 36.4 Å². The fourth-order valence-electron chi connectivity index (χ4n) is 3.75. The third-order valence-electron chi connectivity index (χ3n) is 5.47. The van der Waals surface area contributed by atoms with Gasteiger partial charge in [-0.05, 0) is 43.2 Å². The van der Waals surface area contributed by atoms with Crippen molar-refractivity contribution in [3.05, 3.63) is 80.2 Å². The molecule has 0 radical (unpaired) electrons. The van der Waals surface area contributed by atoms with Gasteiger partial charge in [-0.1, -0.05) is 54.2 Å². The van der Waals surface area contributed by atoms with E-state index >= 15 is 0 Å². The number of halogens is 2. The number of para-hydroxylation sites is 1. The van der Waals surface area contributed by atoms with Gasteiger partial charge in [0.25, 0.3) is 11.8 Å². The molecular formula is C24H23Cl2N3O3S. The summed E-state index contributed by atoms with van der Waals surface area (Å²) in [5.74, 6) is 0.257. The third kappa shape index (κ3) is 6.25. The van der Waals surface area contributed by atoms with Gasteiger partial charge in [0.05, 0.1) is 10.0 Å². The Balaban J connectivity index is 1.35. The van der Waals surface area contributed by atoms with Crippen LogP contribution in [0.5, 0.6) is 5.75 Å². The average Bonchev–Trinajstić information content (AvgIpc) is 3.31. The summed E-state index contributed by atoms with van der Waals surface area (Å²) < 4.78 is 5.70. The quantitative estimate of drug-likeness (QED) is 0.445. The molecule has 0 unspecified atom stereocenters. The standard InChI is InChI=1S/C24H23Cl2N3O3S/c25-17-11-10-15(12-18(17)26)23(30)28-19-8-4-5-9-20(19)29-24(31)21-14-33-22(27-21)13-32-16-6-2-1-3-7-16/h1-3,6-7,10-12,14,19-20H,4-5,8-9,13H2,(H,28,30)(H,29,31)/t19-,20+/m0/s1. The normalized spacial score (nSPS) is 17.9. The number of nitrogens with zero attached hydrogens (tertiary/aromatic N) is 1. The summed E-state index contributed by atoms with van der Waals surface area (Å²) in [6, 6.07) is 13.9. The summed E-state index contributed by atoms with van der Waals surface area (Å²) in [5.41, 5.74) is 0.786. The number of nitrogens with one attached hydrogen (secondary N) is 2. The number of carbonyl (C=O) groups is 2. The highest BCUT2D eigenvalue weighted by atomic mass is 35.5. The van der Waals surface area contributed by atoms with E-state index in [4.69, 9.17) is 27.9 Å². The number of rotatable bonds is 7. The van der Waals surface area contributed by atoms with Crippen molar-refractivity contribution in [1.29, 1.82) is 0 Å². The topological polar surface area (TPSA) is 80.3 Å². The van der Waals surface area contributed by atoms with Crippen molar-refractivity contribution in [2.24, 2.45) is 0 Å². The molecule has 1 heterocycles.